The molecule has 2 aliphatic carbocycles. The van der Waals surface area contributed by atoms with Crippen molar-refractivity contribution >= 4 is 0 Å². The number of likely N-dealkylation sites (N-methyl/N-ethyl adjacent to an activating group) is 1. The molecule has 17 heavy (non-hydrogen) atoms. The Morgan fingerprint density at radius 2 is 1.94 bits per heavy atom. The van der Waals surface area contributed by atoms with E-state index in [4.69, 9.17) is 5.73 Å². The normalized spacial score (nSPS) is 37.6. The number of nitrogens with zero attached hydrogens (tertiary/aromatic N) is 1. The highest BCUT2D eigenvalue weighted by Gasteiger charge is 2.40. The summed E-state index contributed by atoms with van der Waals surface area (Å²) < 4.78 is 26.2. The summed E-state index contributed by atoms with van der Waals surface area (Å²) in [4.78, 5) is 2.23. The molecule has 0 aromatic heterocycles. The average Bonchev–Trinajstić information content (AvgIpc) is 2.58. The summed E-state index contributed by atoms with van der Waals surface area (Å²) in [6.07, 6.45) is 5.45. The summed E-state index contributed by atoms with van der Waals surface area (Å²) in [6, 6.07) is 0.633. The van der Waals surface area contributed by atoms with Gasteiger partial charge in [-0.05, 0) is 32.2 Å². The van der Waals surface area contributed by atoms with Crippen molar-refractivity contribution in [3.63, 3.8) is 0 Å². The van der Waals surface area contributed by atoms with Crippen LogP contribution in [0.15, 0.2) is 0 Å². The Labute approximate surface area is 103 Å². The van der Waals surface area contributed by atoms with Crippen LogP contribution in [0.5, 0.6) is 0 Å². The van der Waals surface area contributed by atoms with Gasteiger partial charge in [-0.3, -0.25) is 0 Å². The molecule has 3 unspecified atom stereocenters. The van der Waals surface area contributed by atoms with E-state index in [9.17, 15) is 8.78 Å². The van der Waals surface area contributed by atoms with Gasteiger partial charge >= 0.3 is 0 Å². The Morgan fingerprint density at radius 1 is 1.24 bits per heavy atom. The van der Waals surface area contributed by atoms with Gasteiger partial charge < -0.3 is 10.6 Å². The number of nitrogens with two attached hydrogens (primary N) is 1. The van der Waals surface area contributed by atoms with E-state index < -0.39 is 5.92 Å². The summed E-state index contributed by atoms with van der Waals surface area (Å²) >= 11 is 0. The molecule has 2 N–H and O–H groups in total. The number of hydrogen-bond donors (Lipinski definition) is 1. The van der Waals surface area contributed by atoms with Crippen LogP contribution in [0.2, 0.25) is 0 Å². The van der Waals surface area contributed by atoms with Gasteiger partial charge in [0.2, 0.25) is 5.92 Å². The Kier molecular flexibility index (Phi) is 4.03. The fourth-order valence-corrected chi connectivity index (χ4v) is 3.43. The van der Waals surface area contributed by atoms with Gasteiger partial charge in [-0.2, -0.15) is 0 Å². The minimum absolute atomic E-state index is 0.0687. The van der Waals surface area contributed by atoms with Gasteiger partial charge in [-0.25, -0.2) is 8.78 Å². The van der Waals surface area contributed by atoms with Crippen LogP contribution in [0.4, 0.5) is 8.78 Å². The molecule has 2 rings (SSSR count). The first-order valence-corrected chi connectivity index (χ1v) is 6.81. The molecular weight excluding hydrogens is 222 g/mol. The molecule has 4 heteroatoms. The van der Waals surface area contributed by atoms with Gasteiger partial charge in [0.25, 0.3) is 0 Å². The van der Waals surface area contributed by atoms with E-state index in [2.05, 4.69) is 4.90 Å². The Balaban J connectivity index is 1.82. The third kappa shape index (κ3) is 3.38. The fraction of sp³-hybridized carbons (Fsp3) is 1.00. The van der Waals surface area contributed by atoms with E-state index in [0.717, 1.165) is 19.4 Å². The van der Waals surface area contributed by atoms with Crippen LogP contribution < -0.4 is 5.73 Å². The third-order valence-corrected chi connectivity index (χ3v) is 4.40. The van der Waals surface area contributed by atoms with Gasteiger partial charge in [-0.1, -0.05) is 12.8 Å². The predicted molar refractivity (Wildman–Crippen MR) is 65.1 cm³/mol. The predicted octanol–water partition coefficient (Wildman–Crippen LogP) is 2.62. The van der Waals surface area contributed by atoms with E-state index in [-0.39, 0.29) is 24.8 Å². The molecule has 0 heterocycles. The van der Waals surface area contributed by atoms with Crippen molar-refractivity contribution in [2.75, 3.05) is 13.6 Å². The zero-order valence-corrected chi connectivity index (χ0v) is 10.7. The molecule has 2 saturated carbocycles. The zero-order chi connectivity index (χ0) is 12.5. The summed E-state index contributed by atoms with van der Waals surface area (Å²) in [6.45, 7) is 0.786. The lowest BCUT2D eigenvalue weighted by molar-refractivity contribution is 0.00274. The molecule has 3 atom stereocenters. The minimum Gasteiger partial charge on any atom is -0.326 e. The number of hydrogen-bond acceptors (Lipinski definition) is 2. The van der Waals surface area contributed by atoms with E-state index >= 15 is 0 Å². The number of rotatable bonds is 3. The van der Waals surface area contributed by atoms with Gasteiger partial charge in [0.05, 0.1) is 0 Å². The third-order valence-electron chi connectivity index (χ3n) is 4.40. The van der Waals surface area contributed by atoms with Crippen molar-refractivity contribution in [2.45, 2.75) is 63.0 Å². The van der Waals surface area contributed by atoms with E-state index in [1.807, 2.05) is 7.05 Å². The van der Waals surface area contributed by atoms with Crippen LogP contribution in [0.3, 0.4) is 0 Å². The molecule has 0 aromatic rings. The lowest BCUT2D eigenvalue weighted by Crippen LogP contribution is -2.49. The molecule has 2 fully saturated rings. The average molecular weight is 246 g/mol. The number of halogens is 2. The van der Waals surface area contributed by atoms with Crippen molar-refractivity contribution in [1.82, 2.24) is 4.90 Å². The van der Waals surface area contributed by atoms with Gasteiger partial charge in [-0.15, -0.1) is 0 Å². The van der Waals surface area contributed by atoms with Crippen molar-refractivity contribution in [3.8, 4) is 0 Å². The first-order chi connectivity index (χ1) is 7.98. The fourth-order valence-electron chi connectivity index (χ4n) is 3.43. The van der Waals surface area contributed by atoms with Crippen LogP contribution in [0.25, 0.3) is 0 Å². The molecule has 0 aliphatic heterocycles. The molecule has 0 aromatic carbocycles. The van der Waals surface area contributed by atoms with E-state index in [1.54, 1.807) is 0 Å². The SMILES string of the molecule is CN(CC1CCC(F)(F)C1)C1CCCCC1N. The van der Waals surface area contributed by atoms with Crippen LogP contribution in [-0.4, -0.2) is 36.5 Å². The smallest absolute Gasteiger partial charge is 0.248 e. The molecule has 0 saturated heterocycles. The van der Waals surface area contributed by atoms with Crippen molar-refractivity contribution in [3.05, 3.63) is 0 Å². The van der Waals surface area contributed by atoms with E-state index in [1.165, 1.54) is 12.8 Å². The maximum atomic E-state index is 13.1. The Hall–Kier alpha value is -0.220. The second kappa shape index (κ2) is 5.19. The zero-order valence-electron chi connectivity index (χ0n) is 10.7. The maximum Gasteiger partial charge on any atom is 0.248 e. The van der Waals surface area contributed by atoms with Crippen LogP contribution in [0.1, 0.15) is 44.9 Å². The summed E-state index contributed by atoms with van der Waals surface area (Å²) in [7, 11) is 2.05. The minimum atomic E-state index is -2.42. The van der Waals surface area contributed by atoms with Crippen molar-refractivity contribution < 1.29 is 8.78 Å². The molecule has 100 valence electrons. The summed E-state index contributed by atoms with van der Waals surface area (Å²) in [5.41, 5.74) is 6.12. The van der Waals surface area contributed by atoms with Crippen LogP contribution in [-0.2, 0) is 0 Å². The molecule has 0 bridgehead atoms. The summed E-state index contributed by atoms with van der Waals surface area (Å²) in [5.74, 6) is -2.26. The molecule has 0 radical (unpaired) electrons. The quantitative estimate of drug-likeness (QED) is 0.829. The van der Waals surface area contributed by atoms with Gasteiger partial charge in [0, 0.05) is 31.5 Å². The molecule has 0 amide bonds. The van der Waals surface area contributed by atoms with Crippen LogP contribution in [0, 0.1) is 5.92 Å². The second-order valence-electron chi connectivity index (χ2n) is 5.92. The Morgan fingerprint density at radius 3 is 2.53 bits per heavy atom. The number of alkyl halides is 2. The van der Waals surface area contributed by atoms with E-state index in [0.29, 0.717) is 12.5 Å². The van der Waals surface area contributed by atoms with Crippen LogP contribution >= 0.6 is 0 Å². The highest BCUT2D eigenvalue weighted by molar-refractivity contribution is 4.88. The first kappa shape index (κ1) is 13.2. The second-order valence-corrected chi connectivity index (χ2v) is 5.92. The summed E-state index contributed by atoms with van der Waals surface area (Å²) in [5, 5.41) is 0. The maximum absolute atomic E-state index is 13.1. The molecule has 2 aliphatic rings. The van der Waals surface area contributed by atoms with Gasteiger partial charge in [0.15, 0.2) is 0 Å². The lowest BCUT2D eigenvalue weighted by Gasteiger charge is -2.37. The topological polar surface area (TPSA) is 29.3 Å². The Bertz CT molecular complexity index is 258. The first-order valence-electron chi connectivity index (χ1n) is 6.81. The van der Waals surface area contributed by atoms with Crippen molar-refractivity contribution in [2.24, 2.45) is 11.7 Å². The molecular formula is C13H24F2N2. The lowest BCUT2D eigenvalue weighted by atomic mass is 9.89. The highest BCUT2D eigenvalue weighted by Crippen LogP contribution is 2.39. The monoisotopic (exact) mass is 246 g/mol. The van der Waals surface area contributed by atoms with Gasteiger partial charge in [0.1, 0.15) is 0 Å². The molecule has 2 nitrogen and oxygen atoms in total. The molecule has 0 spiro atoms. The standard InChI is InChI=1S/C13H24F2N2/c1-17(12-5-3-2-4-11(12)16)9-10-6-7-13(14,15)8-10/h10-12H,2-9,16H2,1H3. The highest BCUT2D eigenvalue weighted by atomic mass is 19.3. The van der Waals surface area contributed by atoms with Crippen molar-refractivity contribution in [1.29, 1.82) is 0 Å². The largest absolute Gasteiger partial charge is 0.326 e.